The second-order valence-electron chi connectivity index (χ2n) is 9.85. The highest BCUT2D eigenvalue weighted by Crippen LogP contribution is 2.51. The lowest BCUT2D eigenvalue weighted by atomic mass is 9.82. The van der Waals surface area contributed by atoms with E-state index in [4.69, 9.17) is 33.7 Å². The lowest BCUT2D eigenvalue weighted by molar-refractivity contribution is 0.354. The van der Waals surface area contributed by atoms with Crippen LogP contribution in [0.5, 0.6) is 23.1 Å². The molecule has 7 aromatic rings. The molecule has 0 spiro atoms. The normalized spacial score (nSPS) is 14.1. The predicted molar refractivity (Wildman–Crippen MR) is 159 cm³/mol. The van der Waals surface area contributed by atoms with E-state index in [0.29, 0.717) is 39.8 Å². The summed E-state index contributed by atoms with van der Waals surface area (Å²) in [6.45, 7) is 0. The fourth-order valence-corrected chi connectivity index (χ4v) is 6.26. The molecule has 0 unspecified atom stereocenters. The summed E-state index contributed by atoms with van der Waals surface area (Å²) in [7, 11) is 3.27. The highest BCUT2D eigenvalue weighted by molar-refractivity contribution is 7.98. The minimum absolute atomic E-state index is 0.244. The third kappa shape index (κ3) is 3.94. The second kappa shape index (κ2) is 9.78. The van der Waals surface area contributed by atoms with E-state index in [0.717, 1.165) is 44.3 Å². The number of benzene rings is 4. The molecule has 1 atom stereocenters. The molecule has 206 valence electrons. The standard InChI is InChI=1S/C32H23N5O4S/c1-38-24-14-12-19(15-25(24)39-2)27-21-13-11-18-7-3-4-8-20(18)29(21)41-31-28(27)30-35-26(36-37(30)17-33-31)16-42-32-34-22-9-5-6-10-23(22)40-32/h3-15,17,27H,16H2,1-2H3/t27-/m1/s1. The third-order valence-electron chi connectivity index (χ3n) is 7.48. The molecule has 3 aromatic heterocycles. The van der Waals surface area contributed by atoms with Gasteiger partial charge in [0.15, 0.2) is 28.6 Å². The topological polar surface area (TPSA) is 96.8 Å². The van der Waals surface area contributed by atoms with Gasteiger partial charge in [0, 0.05) is 16.9 Å². The number of oxazole rings is 1. The summed E-state index contributed by atoms with van der Waals surface area (Å²) in [5.74, 6) is 3.44. The Balaban J connectivity index is 1.26. The summed E-state index contributed by atoms with van der Waals surface area (Å²) in [6.07, 6.45) is 1.65. The first-order valence-electron chi connectivity index (χ1n) is 13.3. The van der Waals surface area contributed by atoms with Crippen molar-refractivity contribution < 1.29 is 18.6 Å². The molecule has 4 heterocycles. The van der Waals surface area contributed by atoms with Crippen LogP contribution in [-0.2, 0) is 5.75 Å². The van der Waals surface area contributed by atoms with Gasteiger partial charge in [-0.05, 0) is 35.2 Å². The van der Waals surface area contributed by atoms with Crippen molar-refractivity contribution in [3.63, 3.8) is 0 Å². The maximum Gasteiger partial charge on any atom is 0.257 e. The smallest absolute Gasteiger partial charge is 0.257 e. The summed E-state index contributed by atoms with van der Waals surface area (Å²) in [5, 5.41) is 7.42. The van der Waals surface area contributed by atoms with Crippen molar-refractivity contribution in [1.29, 1.82) is 0 Å². The molecule has 0 aliphatic carbocycles. The zero-order valence-electron chi connectivity index (χ0n) is 22.6. The van der Waals surface area contributed by atoms with Crippen molar-refractivity contribution in [2.45, 2.75) is 16.9 Å². The van der Waals surface area contributed by atoms with E-state index >= 15 is 0 Å². The lowest BCUT2D eigenvalue weighted by Crippen LogP contribution is -2.15. The Morgan fingerprint density at radius 1 is 0.905 bits per heavy atom. The van der Waals surface area contributed by atoms with Gasteiger partial charge in [-0.3, -0.25) is 0 Å². The first kappa shape index (κ1) is 24.7. The summed E-state index contributed by atoms with van der Waals surface area (Å²) < 4.78 is 25.3. The van der Waals surface area contributed by atoms with Crippen LogP contribution in [0.15, 0.2) is 94.8 Å². The Hall–Kier alpha value is -5.09. The Kier molecular flexibility index (Phi) is 5.75. The number of rotatable bonds is 6. The molecule has 0 saturated carbocycles. The molecule has 0 amide bonds. The number of fused-ring (bicyclic) bond motifs is 7. The quantitative estimate of drug-likeness (QED) is 0.195. The molecule has 0 bridgehead atoms. The number of para-hydroxylation sites is 2. The van der Waals surface area contributed by atoms with Gasteiger partial charge in [-0.2, -0.15) is 0 Å². The minimum Gasteiger partial charge on any atom is -0.493 e. The van der Waals surface area contributed by atoms with Gasteiger partial charge in [-0.25, -0.2) is 19.5 Å². The zero-order chi connectivity index (χ0) is 28.2. The van der Waals surface area contributed by atoms with Crippen molar-refractivity contribution in [3.05, 3.63) is 108 Å². The molecule has 10 heteroatoms. The van der Waals surface area contributed by atoms with Crippen molar-refractivity contribution in [2.24, 2.45) is 0 Å². The van der Waals surface area contributed by atoms with Crippen molar-refractivity contribution >= 4 is 39.3 Å². The first-order valence-corrected chi connectivity index (χ1v) is 14.3. The highest BCUT2D eigenvalue weighted by Gasteiger charge is 2.34. The van der Waals surface area contributed by atoms with E-state index in [9.17, 15) is 0 Å². The molecule has 0 fully saturated rings. The summed E-state index contributed by atoms with van der Waals surface area (Å²) in [6, 6.07) is 26.1. The van der Waals surface area contributed by atoms with Crippen molar-refractivity contribution in [3.8, 4) is 23.1 Å². The highest BCUT2D eigenvalue weighted by atomic mass is 32.2. The monoisotopic (exact) mass is 573 g/mol. The molecular weight excluding hydrogens is 550 g/mol. The van der Waals surface area contributed by atoms with Gasteiger partial charge in [0.2, 0.25) is 5.88 Å². The number of aromatic nitrogens is 5. The largest absolute Gasteiger partial charge is 0.493 e. The van der Waals surface area contributed by atoms with Crippen LogP contribution >= 0.6 is 11.8 Å². The van der Waals surface area contributed by atoms with Crippen LogP contribution in [-0.4, -0.2) is 38.8 Å². The summed E-state index contributed by atoms with van der Waals surface area (Å²) >= 11 is 1.45. The third-order valence-corrected chi connectivity index (χ3v) is 8.30. The van der Waals surface area contributed by atoms with Crippen LogP contribution in [0.2, 0.25) is 0 Å². The number of methoxy groups -OCH3 is 2. The number of hydrogen-bond donors (Lipinski definition) is 0. The SMILES string of the molecule is COc1ccc([C@@H]2c3ccc4ccccc4c3Oc3ncn4nc(CSc5nc6ccccc6o5)nc4c32)cc1OC. The van der Waals surface area contributed by atoms with Gasteiger partial charge in [0.1, 0.15) is 17.6 Å². The average molecular weight is 574 g/mol. The maximum absolute atomic E-state index is 6.55. The number of thioether (sulfide) groups is 1. The van der Waals surface area contributed by atoms with E-state index in [1.165, 1.54) is 11.8 Å². The maximum atomic E-state index is 6.55. The van der Waals surface area contributed by atoms with Crippen LogP contribution in [0.3, 0.4) is 0 Å². The second-order valence-corrected chi connectivity index (χ2v) is 10.8. The summed E-state index contributed by atoms with van der Waals surface area (Å²) in [4.78, 5) is 14.2. The fraction of sp³-hybridized carbons (Fsp3) is 0.125. The van der Waals surface area contributed by atoms with Crippen LogP contribution in [0.4, 0.5) is 0 Å². The molecule has 0 radical (unpaired) electrons. The first-order chi connectivity index (χ1) is 20.7. The van der Waals surface area contributed by atoms with Gasteiger partial charge < -0.3 is 18.6 Å². The molecule has 8 rings (SSSR count). The molecule has 1 aliphatic heterocycles. The molecule has 9 nitrogen and oxygen atoms in total. The average Bonchev–Trinajstić information content (AvgIpc) is 3.66. The molecular formula is C32H23N5O4S. The Labute approximate surface area is 244 Å². The molecule has 0 N–H and O–H groups in total. The number of hydrogen-bond acceptors (Lipinski definition) is 9. The van der Waals surface area contributed by atoms with E-state index in [1.807, 2.05) is 54.6 Å². The van der Waals surface area contributed by atoms with Crippen LogP contribution in [0.25, 0.3) is 27.5 Å². The predicted octanol–water partition coefficient (Wildman–Crippen LogP) is 7.01. The Morgan fingerprint density at radius 2 is 1.76 bits per heavy atom. The van der Waals surface area contributed by atoms with E-state index < -0.39 is 0 Å². The van der Waals surface area contributed by atoms with Crippen LogP contribution in [0.1, 0.15) is 28.4 Å². The van der Waals surface area contributed by atoms with Gasteiger partial charge >= 0.3 is 0 Å². The summed E-state index contributed by atoms with van der Waals surface area (Å²) in [5.41, 5.74) is 5.08. The number of ether oxygens (including phenoxy) is 3. The Morgan fingerprint density at radius 3 is 2.64 bits per heavy atom. The van der Waals surface area contributed by atoms with Gasteiger partial charge in [0.25, 0.3) is 5.22 Å². The van der Waals surface area contributed by atoms with Gasteiger partial charge in [0.05, 0.1) is 25.5 Å². The van der Waals surface area contributed by atoms with Gasteiger partial charge in [-0.1, -0.05) is 66.4 Å². The van der Waals surface area contributed by atoms with Crippen molar-refractivity contribution in [1.82, 2.24) is 24.6 Å². The van der Waals surface area contributed by atoms with Crippen molar-refractivity contribution in [2.75, 3.05) is 14.2 Å². The van der Waals surface area contributed by atoms with E-state index in [-0.39, 0.29) is 5.92 Å². The molecule has 1 aliphatic rings. The molecule has 42 heavy (non-hydrogen) atoms. The van der Waals surface area contributed by atoms with E-state index in [2.05, 4.69) is 29.2 Å². The Bertz CT molecular complexity index is 2110. The van der Waals surface area contributed by atoms with E-state index in [1.54, 1.807) is 25.1 Å². The molecule has 0 saturated heterocycles. The van der Waals surface area contributed by atoms with Gasteiger partial charge in [-0.15, -0.1) is 5.10 Å². The number of nitrogens with zero attached hydrogens (tertiary/aromatic N) is 5. The fourth-order valence-electron chi connectivity index (χ4n) is 5.57. The minimum atomic E-state index is -0.244. The van der Waals surface area contributed by atoms with Crippen LogP contribution < -0.4 is 14.2 Å². The lowest BCUT2D eigenvalue weighted by Gasteiger charge is -2.29. The zero-order valence-corrected chi connectivity index (χ0v) is 23.5. The van der Waals surface area contributed by atoms with Crippen LogP contribution in [0, 0.1) is 0 Å². The molecule has 4 aromatic carbocycles.